The molecule has 0 fully saturated rings. The summed E-state index contributed by atoms with van der Waals surface area (Å²) in [6, 6.07) is 18.8. The molecule has 126 valence electrons. The second kappa shape index (κ2) is 5.42. The highest BCUT2D eigenvalue weighted by atomic mass is 15.1. The maximum atomic E-state index is 5.99. The minimum absolute atomic E-state index is 0.0533. The van der Waals surface area contributed by atoms with E-state index in [0.717, 1.165) is 5.69 Å². The van der Waals surface area contributed by atoms with Crippen LogP contribution in [0.25, 0.3) is 22.2 Å². The Morgan fingerprint density at radius 1 is 0.846 bits per heavy atom. The number of anilines is 3. The fourth-order valence-electron chi connectivity index (χ4n) is 3.61. The number of pyridine rings is 1. The van der Waals surface area contributed by atoms with E-state index < -0.39 is 0 Å². The predicted molar refractivity (Wildman–Crippen MR) is 104 cm³/mol. The van der Waals surface area contributed by atoms with E-state index in [2.05, 4.69) is 68.8 Å². The quantitative estimate of drug-likeness (QED) is 0.517. The molecular formula is C20H16N6. The number of benzene rings is 2. The smallest absolute Gasteiger partial charge is 0.224 e. The highest BCUT2D eigenvalue weighted by Crippen LogP contribution is 2.44. The zero-order valence-electron chi connectivity index (χ0n) is 13.8. The lowest BCUT2D eigenvalue weighted by atomic mass is 10.1. The van der Waals surface area contributed by atoms with Crippen molar-refractivity contribution < 1.29 is 0 Å². The number of nitrogens with one attached hydrogen (secondary N) is 1. The Kier molecular flexibility index (Phi) is 3.05. The van der Waals surface area contributed by atoms with Gasteiger partial charge in [0, 0.05) is 0 Å². The first kappa shape index (κ1) is 14.7. The molecule has 1 aliphatic carbocycles. The number of nitrogen functional groups attached to an aromatic ring is 2. The van der Waals surface area contributed by atoms with Gasteiger partial charge in [0.1, 0.15) is 5.82 Å². The average molecular weight is 340 g/mol. The Bertz CT molecular complexity index is 1110. The van der Waals surface area contributed by atoms with Crippen molar-refractivity contribution in [3.63, 3.8) is 0 Å². The summed E-state index contributed by atoms with van der Waals surface area (Å²) < 4.78 is 0. The Labute approximate surface area is 149 Å². The first-order valence-corrected chi connectivity index (χ1v) is 8.34. The molecule has 5 rings (SSSR count). The molecule has 0 radical (unpaired) electrons. The van der Waals surface area contributed by atoms with Crippen molar-refractivity contribution >= 4 is 28.5 Å². The maximum Gasteiger partial charge on any atom is 0.224 e. The average Bonchev–Trinajstić information content (AvgIpc) is 2.97. The van der Waals surface area contributed by atoms with Gasteiger partial charge in [-0.2, -0.15) is 9.97 Å². The highest BCUT2D eigenvalue weighted by Gasteiger charge is 2.27. The van der Waals surface area contributed by atoms with Crippen LogP contribution in [0, 0.1) is 0 Å². The van der Waals surface area contributed by atoms with Gasteiger partial charge in [0.15, 0.2) is 5.65 Å². The van der Waals surface area contributed by atoms with E-state index in [9.17, 15) is 0 Å². The second-order valence-electron chi connectivity index (χ2n) is 6.31. The van der Waals surface area contributed by atoms with Crippen LogP contribution in [0.1, 0.15) is 17.2 Å². The number of hydrogen-bond acceptors (Lipinski definition) is 6. The molecule has 5 N–H and O–H groups in total. The van der Waals surface area contributed by atoms with E-state index in [-0.39, 0.29) is 12.0 Å². The molecule has 0 amide bonds. The van der Waals surface area contributed by atoms with Crippen LogP contribution in [0.2, 0.25) is 0 Å². The van der Waals surface area contributed by atoms with E-state index in [1.165, 1.54) is 22.3 Å². The molecule has 0 atom stereocenters. The summed E-state index contributed by atoms with van der Waals surface area (Å²) in [5.74, 6) is 0.456. The molecule has 0 saturated carbocycles. The van der Waals surface area contributed by atoms with E-state index in [1.807, 2.05) is 6.07 Å². The lowest BCUT2D eigenvalue weighted by Gasteiger charge is -2.17. The van der Waals surface area contributed by atoms with Crippen molar-refractivity contribution in [2.24, 2.45) is 0 Å². The highest BCUT2D eigenvalue weighted by molar-refractivity contribution is 5.89. The van der Waals surface area contributed by atoms with E-state index in [1.54, 1.807) is 6.20 Å². The van der Waals surface area contributed by atoms with Crippen molar-refractivity contribution in [1.29, 1.82) is 0 Å². The van der Waals surface area contributed by atoms with E-state index in [4.69, 9.17) is 11.5 Å². The monoisotopic (exact) mass is 340 g/mol. The van der Waals surface area contributed by atoms with Gasteiger partial charge in [-0.1, -0.05) is 48.5 Å². The topological polar surface area (TPSA) is 103 Å². The molecule has 6 nitrogen and oxygen atoms in total. The number of hydrogen-bond donors (Lipinski definition) is 3. The predicted octanol–water partition coefficient (Wildman–Crippen LogP) is 3.37. The largest absolute Gasteiger partial charge is 0.383 e. The van der Waals surface area contributed by atoms with Crippen molar-refractivity contribution in [3.8, 4) is 11.1 Å². The fraction of sp³-hybridized carbons (Fsp3) is 0.0500. The zero-order chi connectivity index (χ0) is 17.7. The lowest BCUT2D eigenvalue weighted by molar-refractivity contribution is 0.971. The minimum Gasteiger partial charge on any atom is -0.383 e. The van der Waals surface area contributed by atoms with E-state index in [0.29, 0.717) is 16.9 Å². The van der Waals surface area contributed by atoms with Crippen molar-refractivity contribution in [1.82, 2.24) is 15.0 Å². The van der Waals surface area contributed by atoms with Gasteiger partial charge in [-0.25, -0.2) is 4.98 Å². The molecule has 2 aromatic heterocycles. The summed E-state index contributed by atoms with van der Waals surface area (Å²) in [5.41, 5.74) is 18.0. The third kappa shape index (κ3) is 2.16. The van der Waals surface area contributed by atoms with Crippen LogP contribution < -0.4 is 16.8 Å². The first-order valence-electron chi connectivity index (χ1n) is 8.34. The Hall–Kier alpha value is -3.67. The number of aromatic nitrogens is 3. The van der Waals surface area contributed by atoms with E-state index >= 15 is 0 Å². The SMILES string of the molecule is Nc1nc(N)c2cc(NC3c4ccccc4-c4ccccc43)cnc2n1. The Morgan fingerprint density at radius 2 is 1.50 bits per heavy atom. The second-order valence-corrected chi connectivity index (χ2v) is 6.31. The van der Waals surface area contributed by atoms with Gasteiger partial charge in [0.2, 0.25) is 5.95 Å². The standard InChI is InChI=1S/C20H16N6/c21-18-16-9-11(10-23-19(16)26-20(22)25-18)24-17-14-7-3-1-5-12(14)13-6-2-4-8-15(13)17/h1-10,17,24H,(H4,21,22,23,25,26). The van der Waals surface area contributed by atoms with Gasteiger partial charge in [0.05, 0.1) is 23.3 Å². The van der Waals surface area contributed by atoms with Crippen LogP contribution in [0.4, 0.5) is 17.5 Å². The maximum absolute atomic E-state index is 5.99. The molecule has 0 saturated heterocycles. The molecule has 2 aromatic carbocycles. The molecule has 0 spiro atoms. The lowest BCUT2D eigenvalue weighted by Crippen LogP contribution is -2.10. The Balaban J connectivity index is 1.61. The van der Waals surface area contributed by atoms with Crippen LogP contribution in [0.5, 0.6) is 0 Å². The van der Waals surface area contributed by atoms with Crippen molar-refractivity contribution in [2.75, 3.05) is 16.8 Å². The molecular weight excluding hydrogens is 324 g/mol. The van der Waals surface area contributed by atoms with Crippen molar-refractivity contribution in [3.05, 3.63) is 71.9 Å². The summed E-state index contributed by atoms with van der Waals surface area (Å²) in [6.45, 7) is 0. The summed E-state index contributed by atoms with van der Waals surface area (Å²) in [7, 11) is 0. The van der Waals surface area contributed by atoms with Crippen LogP contribution in [0.3, 0.4) is 0 Å². The fourth-order valence-corrected chi connectivity index (χ4v) is 3.61. The first-order chi connectivity index (χ1) is 12.7. The Morgan fingerprint density at radius 3 is 2.19 bits per heavy atom. The summed E-state index contributed by atoms with van der Waals surface area (Å²) in [4.78, 5) is 12.5. The summed E-state index contributed by atoms with van der Waals surface area (Å²) in [6.07, 6.45) is 1.75. The van der Waals surface area contributed by atoms with Crippen LogP contribution in [-0.4, -0.2) is 15.0 Å². The number of nitrogens with zero attached hydrogens (tertiary/aromatic N) is 3. The molecule has 0 aliphatic heterocycles. The van der Waals surface area contributed by atoms with Gasteiger partial charge < -0.3 is 16.8 Å². The van der Waals surface area contributed by atoms with Crippen LogP contribution in [-0.2, 0) is 0 Å². The number of fused-ring (bicyclic) bond motifs is 4. The molecule has 2 heterocycles. The molecule has 0 unspecified atom stereocenters. The van der Waals surface area contributed by atoms with Gasteiger partial charge in [-0.3, -0.25) is 0 Å². The van der Waals surface area contributed by atoms with Crippen LogP contribution in [0.15, 0.2) is 60.8 Å². The van der Waals surface area contributed by atoms with Gasteiger partial charge >= 0.3 is 0 Å². The van der Waals surface area contributed by atoms with Crippen molar-refractivity contribution in [2.45, 2.75) is 6.04 Å². The minimum atomic E-state index is 0.0533. The third-order valence-corrected chi connectivity index (χ3v) is 4.74. The zero-order valence-corrected chi connectivity index (χ0v) is 13.8. The molecule has 0 bridgehead atoms. The normalized spacial score (nSPS) is 12.8. The molecule has 1 aliphatic rings. The molecule has 4 aromatic rings. The number of rotatable bonds is 2. The third-order valence-electron chi connectivity index (χ3n) is 4.74. The van der Waals surface area contributed by atoms with Gasteiger partial charge in [-0.15, -0.1) is 0 Å². The van der Waals surface area contributed by atoms with Gasteiger partial charge in [0.25, 0.3) is 0 Å². The molecule has 6 heteroatoms. The summed E-state index contributed by atoms with van der Waals surface area (Å²) in [5, 5.41) is 4.27. The number of nitrogens with two attached hydrogens (primary N) is 2. The summed E-state index contributed by atoms with van der Waals surface area (Å²) >= 11 is 0. The van der Waals surface area contributed by atoms with Gasteiger partial charge in [-0.05, 0) is 28.3 Å². The van der Waals surface area contributed by atoms with Crippen LogP contribution >= 0.6 is 0 Å². The molecule has 26 heavy (non-hydrogen) atoms.